The minimum absolute atomic E-state index is 0.247. The smallest absolute Gasteiger partial charge is 0.258 e. The number of carbonyl (C=O) groups is 1. The second-order valence-corrected chi connectivity index (χ2v) is 8.60. The minimum atomic E-state index is -0.247. The molecule has 156 valence electrons. The molecule has 0 saturated heterocycles. The highest BCUT2D eigenvalue weighted by atomic mass is 79.9. The van der Waals surface area contributed by atoms with E-state index in [0.29, 0.717) is 5.56 Å². The van der Waals surface area contributed by atoms with Crippen LogP contribution in [0.15, 0.2) is 65.1 Å². The van der Waals surface area contributed by atoms with Gasteiger partial charge in [0.25, 0.3) is 5.91 Å². The summed E-state index contributed by atoms with van der Waals surface area (Å²) in [6.07, 6.45) is 0.812. The van der Waals surface area contributed by atoms with E-state index < -0.39 is 0 Å². The van der Waals surface area contributed by atoms with Crippen LogP contribution in [0, 0.1) is 13.8 Å². The van der Waals surface area contributed by atoms with Gasteiger partial charge in [-0.3, -0.25) is 15.2 Å². The molecule has 3 aromatic carbocycles. The van der Waals surface area contributed by atoms with Gasteiger partial charge < -0.3 is 5.32 Å². The van der Waals surface area contributed by atoms with Gasteiger partial charge in [-0.1, -0.05) is 52.3 Å². The Balaban J connectivity index is 1.42. The first-order valence-electron chi connectivity index (χ1n) is 9.81. The zero-order valence-corrected chi connectivity index (χ0v) is 19.5. The number of thiocarbonyl (C=S) groups is 1. The number of fused-ring (bicyclic) bond motifs is 1. The molecule has 0 aliphatic carbocycles. The maximum atomic E-state index is 12.8. The molecule has 0 aliphatic rings. The molecule has 1 amide bonds. The highest BCUT2D eigenvalue weighted by Crippen LogP contribution is 2.26. The molecule has 0 unspecified atom stereocenters. The number of anilines is 1. The topological polar surface area (TPSA) is 69.8 Å². The second-order valence-electron chi connectivity index (χ2n) is 7.34. The maximum Gasteiger partial charge on any atom is 0.258 e. The lowest BCUT2D eigenvalue weighted by atomic mass is 10.0. The molecule has 1 aromatic heterocycles. The number of hydrogen-bond acceptors (Lipinski definition) is 3. The average Bonchev–Trinajstić information content (AvgIpc) is 3.07. The molecule has 3 N–H and O–H groups in total. The third kappa shape index (κ3) is 4.68. The molecular weight excluding hydrogens is 472 g/mol. The quantitative estimate of drug-likeness (QED) is 0.321. The van der Waals surface area contributed by atoms with Gasteiger partial charge in [-0.25, -0.2) is 0 Å². The number of hydrogen-bond donors (Lipinski definition) is 3. The fourth-order valence-electron chi connectivity index (χ4n) is 3.55. The number of amides is 1. The normalized spacial score (nSPS) is 10.8. The molecule has 0 fully saturated rings. The van der Waals surface area contributed by atoms with Gasteiger partial charge in [0, 0.05) is 33.4 Å². The molecule has 0 spiro atoms. The van der Waals surface area contributed by atoms with Crippen LogP contribution < -0.4 is 10.6 Å². The van der Waals surface area contributed by atoms with E-state index in [-0.39, 0.29) is 11.0 Å². The standard InChI is InChI=1S/C24H21BrN4OS/c1-14-21(15(2)29-28-14)13-16-9-11-17(12-10-16)26-24(31)27-23(30)20-7-3-6-19-18(20)5-4-8-22(19)25/h3-12H,13H2,1-2H3,(H,28,29)(H2,26,27,30,31). The number of benzene rings is 3. The Labute approximate surface area is 194 Å². The number of H-pyrrole nitrogens is 1. The van der Waals surface area contributed by atoms with E-state index in [0.717, 1.165) is 38.7 Å². The van der Waals surface area contributed by atoms with Crippen molar-refractivity contribution in [2.45, 2.75) is 20.3 Å². The minimum Gasteiger partial charge on any atom is -0.332 e. The number of rotatable bonds is 4. The summed E-state index contributed by atoms with van der Waals surface area (Å²) in [5, 5.41) is 15.2. The van der Waals surface area contributed by atoms with Crippen molar-refractivity contribution in [2.75, 3.05) is 5.32 Å². The van der Waals surface area contributed by atoms with Crippen molar-refractivity contribution < 1.29 is 4.79 Å². The molecule has 4 aromatic rings. The lowest BCUT2D eigenvalue weighted by molar-refractivity contribution is 0.0979. The molecule has 0 saturated carbocycles. The zero-order chi connectivity index (χ0) is 22.0. The van der Waals surface area contributed by atoms with Crippen LogP contribution in [0.2, 0.25) is 0 Å². The fraction of sp³-hybridized carbons (Fsp3) is 0.125. The van der Waals surface area contributed by atoms with E-state index in [1.807, 2.05) is 68.4 Å². The lowest BCUT2D eigenvalue weighted by Crippen LogP contribution is -2.34. The van der Waals surface area contributed by atoms with Gasteiger partial charge in [0.05, 0.1) is 5.69 Å². The summed E-state index contributed by atoms with van der Waals surface area (Å²) in [5.74, 6) is -0.247. The van der Waals surface area contributed by atoms with E-state index in [2.05, 4.69) is 36.8 Å². The predicted octanol–water partition coefficient (Wildman–Crippen LogP) is 5.66. The fourth-order valence-corrected chi connectivity index (χ4v) is 4.26. The number of aromatic amines is 1. The lowest BCUT2D eigenvalue weighted by Gasteiger charge is -2.12. The van der Waals surface area contributed by atoms with Gasteiger partial charge in [-0.15, -0.1) is 0 Å². The van der Waals surface area contributed by atoms with Gasteiger partial charge in [-0.2, -0.15) is 5.10 Å². The molecule has 0 bridgehead atoms. The van der Waals surface area contributed by atoms with E-state index in [4.69, 9.17) is 12.2 Å². The number of halogens is 1. The number of aryl methyl sites for hydroxylation is 2. The number of carbonyl (C=O) groups excluding carboxylic acids is 1. The van der Waals surface area contributed by atoms with Crippen LogP contribution in [0.5, 0.6) is 0 Å². The summed E-state index contributed by atoms with van der Waals surface area (Å²) < 4.78 is 0.946. The van der Waals surface area contributed by atoms with Gasteiger partial charge in [0.15, 0.2) is 5.11 Å². The van der Waals surface area contributed by atoms with Crippen molar-refractivity contribution in [1.82, 2.24) is 15.5 Å². The molecule has 5 nitrogen and oxygen atoms in total. The summed E-state index contributed by atoms with van der Waals surface area (Å²) >= 11 is 8.89. The van der Waals surface area contributed by atoms with Gasteiger partial charge in [-0.05, 0) is 66.7 Å². The Morgan fingerprint density at radius 3 is 2.45 bits per heavy atom. The molecule has 1 heterocycles. The Hall–Kier alpha value is -3.03. The Morgan fingerprint density at radius 1 is 1.03 bits per heavy atom. The first kappa shape index (κ1) is 21.2. The summed E-state index contributed by atoms with van der Waals surface area (Å²) in [7, 11) is 0. The molecule has 0 aliphatic heterocycles. The number of aromatic nitrogens is 2. The summed E-state index contributed by atoms with van der Waals surface area (Å²) in [6, 6.07) is 19.4. The van der Waals surface area contributed by atoms with Crippen molar-refractivity contribution in [3.63, 3.8) is 0 Å². The number of nitrogens with zero attached hydrogens (tertiary/aromatic N) is 1. The third-order valence-electron chi connectivity index (χ3n) is 5.21. The molecule has 4 rings (SSSR count). The average molecular weight is 493 g/mol. The molecule has 0 radical (unpaired) electrons. The van der Waals surface area contributed by atoms with E-state index in [9.17, 15) is 4.79 Å². The second kappa shape index (κ2) is 8.99. The molecule has 0 atom stereocenters. The highest BCUT2D eigenvalue weighted by Gasteiger charge is 2.13. The summed E-state index contributed by atoms with van der Waals surface area (Å²) in [6.45, 7) is 4.03. The van der Waals surface area contributed by atoms with Crippen molar-refractivity contribution in [2.24, 2.45) is 0 Å². The van der Waals surface area contributed by atoms with Crippen LogP contribution in [-0.4, -0.2) is 21.2 Å². The summed E-state index contributed by atoms with van der Waals surface area (Å²) in [5.41, 5.74) is 5.88. The van der Waals surface area contributed by atoms with Crippen LogP contribution in [0.25, 0.3) is 10.8 Å². The molecule has 31 heavy (non-hydrogen) atoms. The van der Waals surface area contributed by atoms with Gasteiger partial charge in [0.1, 0.15) is 0 Å². The Kier molecular flexibility index (Phi) is 6.15. The van der Waals surface area contributed by atoms with E-state index in [1.54, 1.807) is 6.07 Å². The van der Waals surface area contributed by atoms with Crippen LogP contribution in [0.4, 0.5) is 5.69 Å². The monoisotopic (exact) mass is 492 g/mol. The Morgan fingerprint density at radius 2 is 1.74 bits per heavy atom. The zero-order valence-electron chi connectivity index (χ0n) is 17.1. The maximum absolute atomic E-state index is 12.8. The molecule has 7 heteroatoms. The van der Waals surface area contributed by atoms with Crippen LogP contribution in [0.1, 0.15) is 32.9 Å². The van der Waals surface area contributed by atoms with E-state index >= 15 is 0 Å². The van der Waals surface area contributed by atoms with Crippen LogP contribution in [0.3, 0.4) is 0 Å². The van der Waals surface area contributed by atoms with Gasteiger partial charge in [0.2, 0.25) is 0 Å². The van der Waals surface area contributed by atoms with E-state index in [1.165, 1.54) is 11.1 Å². The largest absolute Gasteiger partial charge is 0.332 e. The van der Waals surface area contributed by atoms with Crippen molar-refractivity contribution >= 4 is 55.6 Å². The first-order valence-corrected chi connectivity index (χ1v) is 11.0. The Bertz CT molecular complexity index is 1260. The first-order chi connectivity index (χ1) is 14.9. The van der Waals surface area contributed by atoms with Crippen LogP contribution in [-0.2, 0) is 6.42 Å². The molecular formula is C24H21BrN4OS. The predicted molar refractivity (Wildman–Crippen MR) is 133 cm³/mol. The van der Waals surface area contributed by atoms with Crippen LogP contribution >= 0.6 is 28.1 Å². The SMILES string of the molecule is Cc1n[nH]c(C)c1Cc1ccc(NC(=S)NC(=O)c2cccc3c(Br)cccc23)cc1. The van der Waals surface area contributed by atoms with Crippen molar-refractivity contribution in [3.8, 4) is 0 Å². The number of nitrogens with one attached hydrogen (secondary N) is 3. The highest BCUT2D eigenvalue weighted by molar-refractivity contribution is 9.10. The van der Waals surface area contributed by atoms with Crippen molar-refractivity contribution in [1.29, 1.82) is 0 Å². The third-order valence-corrected chi connectivity index (χ3v) is 6.11. The summed E-state index contributed by atoms with van der Waals surface area (Å²) in [4.78, 5) is 12.8. The van der Waals surface area contributed by atoms with Gasteiger partial charge >= 0.3 is 0 Å². The van der Waals surface area contributed by atoms with Crippen molar-refractivity contribution in [3.05, 3.63) is 93.2 Å².